The lowest BCUT2D eigenvalue weighted by Crippen LogP contribution is -2.50. The molecule has 2 amide bonds. The average molecular weight is 472 g/mol. The highest BCUT2D eigenvalue weighted by atomic mass is 19.1. The molecule has 2 aliphatic heterocycles. The van der Waals surface area contributed by atoms with Crippen LogP contribution >= 0.6 is 0 Å². The van der Waals surface area contributed by atoms with Crippen LogP contribution in [-0.4, -0.2) is 62.0 Å². The van der Waals surface area contributed by atoms with E-state index in [0.717, 1.165) is 5.56 Å². The molecule has 182 valence electrons. The quantitative estimate of drug-likeness (QED) is 0.660. The summed E-state index contributed by atoms with van der Waals surface area (Å²) in [5.41, 5.74) is 1.20. The van der Waals surface area contributed by atoms with Crippen molar-refractivity contribution in [2.24, 2.45) is 0 Å². The molecule has 1 fully saturated rings. The summed E-state index contributed by atoms with van der Waals surface area (Å²) in [6, 6.07) is 12.1. The van der Waals surface area contributed by atoms with Crippen LogP contribution in [0.15, 0.2) is 42.5 Å². The number of fused-ring (bicyclic) bond motifs is 1. The van der Waals surface area contributed by atoms with Gasteiger partial charge in [0.05, 0.1) is 17.9 Å². The molecule has 0 bridgehead atoms. The van der Waals surface area contributed by atoms with E-state index >= 15 is 0 Å². The average Bonchev–Trinajstić information content (AvgIpc) is 2.81. The lowest BCUT2D eigenvalue weighted by Gasteiger charge is -2.38. The molecule has 8 nitrogen and oxygen atoms in total. The Balaban J connectivity index is 1.47. The molecule has 0 unspecified atom stereocenters. The van der Waals surface area contributed by atoms with E-state index in [9.17, 15) is 14.0 Å². The van der Waals surface area contributed by atoms with Crippen LogP contribution in [0.5, 0.6) is 5.75 Å². The molecule has 0 saturated carbocycles. The number of piperazine rings is 1. The third-order valence-electron chi connectivity index (χ3n) is 5.56. The summed E-state index contributed by atoms with van der Waals surface area (Å²) >= 11 is 0. The van der Waals surface area contributed by atoms with Gasteiger partial charge in [-0.15, -0.1) is 0 Å². The van der Waals surface area contributed by atoms with E-state index in [0.29, 0.717) is 43.3 Å². The Bertz CT molecular complexity index is 1030. The molecule has 0 atom stereocenters. The lowest BCUT2D eigenvalue weighted by atomic mass is 10.1. The van der Waals surface area contributed by atoms with E-state index in [1.165, 1.54) is 17.0 Å². The van der Waals surface area contributed by atoms with Gasteiger partial charge in [-0.25, -0.2) is 14.0 Å². The number of benzene rings is 2. The number of hydrogen-bond donors (Lipinski definition) is 0. The van der Waals surface area contributed by atoms with Crippen molar-refractivity contribution in [1.29, 1.82) is 0 Å². The smallest absolute Gasteiger partial charge is 0.414 e. The van der Waals surface area contributed by atoms with Crippen molar-refractivity contribution in [3.63, 3.8) is 0 Å². The molecule has 0 radical (unpaired) electrons. The molecule has 0 spiro atoms. The van der Waals surface area contributed by atoms with E-state index in [1.54, 1.807) is 4.90 Å². The van der Waals surface area contributed by atoms with E-state index in [1.807, 2.05) is 56.0 Å². The van der Waals surface area contributed by atoms with Crippen LogP contribution in [0, 0.1) is 5.82 Å². The molecule has 0 aromatic heterocycles. The van der Waals surface area contributed by atoms with Gasteiger partial charge in [-0.05, 0) is 26.3 Å². The summed E-state index contributed by atoms with van der Waals surface area (Å²) in [6.07, 6.45) is -0.920. The largest absolute Gasteiger partial charge is 0.487 e. The Labute approximate surface area is 198 Å². The summed E-state index contributed by atoms with van der Waals surface area (Å²) in [6.45, 7) is 7.97. The first-order valence-corrected chi connectivity index (χ1v) is 11.4. The SMILES string of the molecule is CC(C)(C)OC(=O)N1CCN(c2cc(F)cc3c2OCCN3C(=O)OCc2ccccc2)CC1. The highest BCUT2D eigenvalue weighted by molar-refractivity contribution is 5.92. The minimum atomic E-state index is -0.567. The van der Waals surface area contributed by atoms with Crippen molar-refractivity contribution in [2.75, 3.05) is 49.1 Å². The Morgan fingerprint density at radius 2 is 1.65 bits per heavy atom. The summed E-state index contributed by atoms with van der Waals surface area (Å²) in [7, 11) is 0. The Kier molecular flexibility index (Phi) is 6.81. The fourth-order valence-corrected chi connectivity index (χ4v) is 3.95. The van der Waals surface area contributed by atoms with E-state index in [-0.39, 0.29) is 25.9 Å². The molecule has 4 rings (SSSR count). The Morgan fingerprint density at radius 1 is 0.971 bits per heavy atom. The summed E-state index contributed by atoms with van der Waals surface area (Å²) in [5.74, 6) is -0.0373. The van der Waals surface area contributed by atoms with Crippen molar-refractivity contribution >= 4 is 23.6 Å². The third-order valence-corrected chi connectivity index (χ3v) is 5.56. The second kappa shape index (κ2) is 9.79. The maximum atomic E-state index is 14.6. The zero-order valence-corrected chi connectivity index (χ0v) is 19.8. The van der Waals surface area contributed by atoms with Gasteiger partial charge in [0.25, 0.3) is 0 Å². The van der Waals surface area contributed by atoms with Crippen LogP contribution in [-0.2, 0) is 16.1 Å². The second-order valence-corrected chi connectivity index (χ2v) is 9.27. The minimum absolute atomic E-state index is 0.126. The molecule has 9 heteroatoms. The van der Waals surface area contributed by atoms with Crippen LogP contribution in [0.2, 0.25) is 0 Å². The Morgan fingerprint density at radius 3 is 2.32 bits per heavy atom. The number of hydrogen-bond acceptors (Lipinski definition) is 6. The van der Waals surface area contributed by atoms with Crippen LogP contribution in [0.25, 0.3) is 0 Å². The van der Waals surface area contributed by atoms with Crippen LogP contribution in [0.1, 0.15) is 26.3 Å². The number of anilines is 2. The molecule has 1 saturated heterocycles. The van der Waals surface area contributed by atoms with Gasteiger partial charge in [0.15, 0.2) is 5.75 Å². The van der Waals surface area contributed by atoms with Gasteiger partial charge in [-0.2, -0.15) is 0 Å². The normalized spacial score (nSPS) is 15.9. The standard InChI is InChI=1S/C25H30FN3O5/c1-25(2,3)34-23(30)28-11-9-27(10-12-28)20-15-19(26)16-21-22(20)32-14-13-29(21)24(31)33-17-18-7-5-4-6-8-18/h4-8,15-16H,9-14,17H2,1-3H3. The predicted molar refractivity (Wildman–Crippen MR) is 126 cm³/mol. The highest BCUT2D eigenvalue weighted by Crippen LogP contribution is 2.42. The lowest BCUT2D eigenvalue weighted by molar-refractivity contribution is 0.0240. The number of carbonyl (C=O) groups is 2. The first-order valence-electron chi connectivity index (χ1n) is 11.4. The van der Waals surface area contributed by atoms with E-state index in [4.69, 9.17) is 14.2 Å². The zero-order chi connectivity index (χ0) is 24.3. The maximum Gasteiger partial charge on any atom is 0.414 e. The first kappa shape index (κ1) is 23.7. The zero-order valence-electron chi connectivity index (χ0n) is 19.8. The molecule has 0 N–H and O–H groups in total. The van der Waals surface area contributed by atoms with E-state index < -0.39 is 17.5 Å². The molecule has 2 aromatic carbocycles. The van der Waals surface area contributed by atoms with E-state index in [2.05, 4.69) is 0 Å². The van der Waals surface area contributed by atoms with Gasteiger partial charge in [-0.1, -0.05) is 30.3 Å². The van der Waals surface area contributed by atoms with Crippen molar-refractivity contribution < 1.29 is 28.2 Å². The van der Waals surface area contributed by atoms with Gasteiger partial charge in [-0.3, -0.25) is 4.90 Å². The Hall–Kier alpha value is -3.49. The van der Waals surface area contributed by atoms with Gasteiger partial charge < -0.3 is 24.0 Å². The molecule has 2 aliphatic rings. The fraction of sp³-hybridized carbons (Fsp3) is 0.440. The number of carbonyl (C=O) groups excluding carboxylic acids is 2. The monoisotopic (exact) mass is 471 g/mol. The third kappa shape index (κ3) is 5.52. The van der Waals surface area contributed by atoms with Gasteiger partial charge in [0.2, 0.25) is 0 Å². The molecule has 2 aromatic rings. The molecule has 2 heterocycles. The van der Waals surface area contributed by atoms with Gasteiger partial charge in [0, 0.05) is 38.3 Å². The predicted octanol–water partition coefficient (Wildman–Crippen LogP) is 4.42. The molecular formula is C25H30FN3O5. The van der Waals surface area contributed by atoms with Gasteiger partial charge >= 0.3 is 12.2 Å². The summed E-state index contributed by atoms with van der Waals surface area (Å²) in [5, 5.41) is 0. The maximum absolute atomic E-state index is 14.6. The van der Waals surface area contributed by atoms with Crippen LogP contribution in [0.3, 0.4) is 0 Å². The second-order valence-electron chi connectivity index (χ2n) is 9.27. The number of ether oxygens (including phenoxy) is 3. The van der Waals surface area contributed by atoms with Crippen molar-refractivity contribution in [3.8, 4) is 5.75 Å². The number of nitrogens with zero attached hydrogens (tertiary/aromatic N) is 3. The molecule has 0 aliphatic carbocycles. The summed E-state index contributed by atoms with van der Waals surface area (Å²) in [4.78, 5) is 30.2. The van der Waals surface area contributed by atoms with Gasteiger partial charge in [0.1, 0.15) is 24.6 Å². The fourth-order valence-electron chi connectivity index (χ4n) is 3.95. The van der Waals surface area contributed by atoms with Crippen LogP contribution < -0.4 is 14.5 Å². The summed E-state index contributed by atoms with van der Waals surface area (Å²) < 4.78 is 31.4. The minimum Gasteiger partial charge on any atom is -0.487 e. The highest BCUT2D eigenvalue weighted by Gasteiger charge is 2.32. The molecule has 34 heavy (non-hydrogen) atoms. The number of amides is 2. The van der Waals surface area contributed by atoms with Crippen molar-refractivity contribution in [1.82, 2.24) is 4.90 Å². The first-order chi connectivity index (χ1) is 16.2. The van der Waals surface area contributed by atoms with Crippen molar-refractivity contribution in [2.45, 2.75) is 33.0 Å². The number of halogens is 1. The molecular weight excluding hydrogens is 441 g/mol. The topological polar surface area (TPSA) is 71.6 Å². The van der Waals surface area contributed by atoms with Crippen LogP contribution in [0.4, 0.5) is 25.4 Å². The van der Waals surface area contributed by atoms with Crippen molar-refractivity contribution in [3.05, 3.63) is 53.8 Å². The number of rotatable bonds is 3.